The Morgan fingerprint density at radius 1 is 0.450 bits per heavy atom. The van der Waals surface area contributed by atoms with Crippen molar-refractivity contribution < 1.29 is 43.0 Å². The molecule has 0 fully saturated rings. The molecule has 0 N–H and O–H groups in total. The molecule has 0 unspecified atom stereocenters. The average molecular weight is 545 g/mol. The number of carbonyl (C=O) groups excluding carboxylic acids is 6. The Morgan fingerprint density at radius 2 is 0.675 bits per heavy atom. The number of hydrogen-bond donors (Lipinski definition) is 0. The van der Waals surface area contributed by atoms with E-state index in [9.17, 15) is 28.8 Å². The molecule has 0 aliphatic rings. The normalized spacial score (nSPS) is 10.5. The fourth-order valence-corrected chi connectivity index (χ4v) is 4.00. The second-order valence-electron chi connectivity index (χ2n) is 8.45. The summed E-state index contributed by atoms with van der Waals surface area (Å²) in [6.45, 7) is 5.05. The standard InChI is InChI=1S/C31H28O9/c1-4-38-29(35)26(32)22-13-7-19(8-14-22)25(20-9-15-23(16-10-20)27(33)30(36)39-5-2)21-11-17-24(18-12-21)28(34)31(37)40-6-3/h7-18,25H,4-6H2,1-3H3. The Morgan fingerprint density at radius 3 is 0.875 bits per heavy atom. The summed E-state index contributed by atoms with van der Waals surface area (Å²) in [6.07, 6.45) is 0. The summed E-state index contributed by atoms with van der Waals surface area (Å²) in [7, 11) is 0. The van der Waals surface area contributed by atoms with Gasteiger partial charge in [0.15, 0.2) is 0 Å². The van der Waals surface area contributed by atoms with Gasteiger partial charge in [0, 0.05) is 22.6 Å². The molecule has 0 aliphatic carbocycles. The Balaban J connectivity index is 2.00. The monoisotopic (exact) mass is 544 g/mol. The van der Waals surface area contributed by atoms with Gasteiger partial charge in [0.25, 0.3) is 17.3 Å². The fraction of sp³-hybridized carbons (Fsp3) is 0.226. The Kier molecular flexibility index (Phi) is 10.2. The van der Waals surface area contributed by atoms with E-state index < -0.39 is 41.2 Å². The third kappa shape index (κ3) is 6.93. The van der Waals surface area contributed by atoms with Crippen molar-refractivity contribution in [3.63, 3.8) is 0 Å². The van der Waals surface area contributed by atoms with E-state index in [-0.39, 0.29) is 36.5 Å². The highest BCUT2D eigenvalue weighted by Crippen LogP contribution is 2.33. The minimum Gasteiger partial charge on any atom is -0.460 e. The van der Waals surface area contributed by atoms with Crippen LogP contribution in [0, 0.1) is 0 Å². The van der Waals surface area contributed by atoms with Crippen LogP contribution in [-0.2, 0) is 28.6 Å². The van der Waals surface area contributed by atoms with Gasteiger partial charge in [-0.2, -0.15) is 0 Å². The molecule has 0 saturated heterocycles. The second-order valence-corrected chi connectivity index (χ2v) is 8.45. The molecule has 0 heterocycles. The molecule has 40 heavy (non-hydrogen) atoms. The molecule has 206 valence electrons. The van der Waals surface area contributed by atoms with E-state index in [2.05, 4.69) is 0 Å². The molecule has 3 aromatic rings. The van der Waals surface area contributed by atoms with E-state index in [0.29, 0.717) is 0 Å². The summed E-state index contributed by atoms with van der Waals surface area (Å²) in [5.41, 5.74) is 2.67. The number of benzene rings is 3. The van der Waals surface area contributed by atoms with Gasteiger partial charge in [-0.05, 0) is 37.5 Å². The van der Waals surface area contributed by atoms with Gasteiger partial charge in [0.1, 0.15) is 0 Å². The van der Waals surface area contributed by atoms with Gasteiger partial charge in [-0.15, -0.1) is 0 Å². The van der Waals surface area contributed by atoms with Gasteiger partial charge in [-0.25, -0.2) is 14.4 Å². The molecule has 0 radical (unpaired) electrons. The molecule has 9 nitrogen and oxygen atoms in total. The molecule has 0 saturated carbocycles. The van der Waals surface area contributed by atoms with Crippen molar-refractivity contribution in [3.8, 4) is 0 Å². The van der Waals surface area contributed by atoms with Gasteiger partial charge < -0.3 is 14.2 Å². The Bertz CT molecular complexity index is 1230. The zero-order valence-corrected chi connectivity index (χ0v) is 22.3. The maximum absolute atomic E-state index is 12.3. The zero-order valence-electron chi connectivity index (χ0n) is 22.3. The number of Topliss-reactive ketones (excluding diaryl/α,β-unsaturated/α-hetero) is 3. The van der Waals surface area contributed by atoms with E-state index in [4.69, 9.17) is 14.2 Å². The van der Waals surface area contributed by atoms with E-state index in [1.807, 2.05) is 0 Å². The van der Waals surface area contributed by atoms with Gasteiger partial charge >= 0.3 is 17.9 Å². The number of ketones is 3. The highest BCUT2D eigenvalue weighted by molar-refractivity contribution is 6.41. The SMILES string of the molecule is CCOC(=O)C(=O)c1ccc(C(c2ccc(C(=O)C(=O)OCC)cc2)c2ccc(C(=O)C(=O)OCC)cc2)cc1. The van der Waals surface area contributed by atoms with Crippen molar-refractivity contribution in [2.45, 2.75) is 26.7 Å². The molecular weight excluding hydrogens is 516 g/mol. The van der Waals surface area contributed by atoms with Gasteiger partial charge in [-0.3, -0.25) is 14.4 Å². The summed E-state index contributed by atoms with van der Waals surface area (Å²) in [5.74, 6) is -5.59. The number of hydrogen-bond acceptors (Lipinski definition) is 9. The van der Waals surface area contributed by atoms with E-state index in [0.717, 1.165) is 16.7 Å². The van der Waals surface area contributed by atoms with Crippen molar-refractivity contribution in [1.29, 1.82) is 0 Å². The van der Waals surface area contributed by atoms with Crippen LogP contribution in [0.15, 0.2) is 72.8 Å². The molecule has 0 aliphatic heterocycles. The molecule has 0 bridgehead atoms. The summed E-state index contributed by atoms with van der Waals surface area (Å²) < 4.78 is 14.4. The fourth-order valence-electron chi connectivity index (χ4n) is 4.00. The van der Waals surface area contributed by atoms with Crippen LogP contribution in [0.3, 0.4) is 0 Å². The predicted molar refractivity (Wildman–Crippen MR) is 143 cm³/mol. The van der Waals surface area contributed by atoms with E-state index in [1.165, 1.54) is 36.4 Å². The summed E-state index contributed by atoms with van der Waals surface area (Å²) in [4.78, 5) is 72.6. The predicted octanol–water partition coefficient (Wildman–Crippen LogP) is 4.10. The maximum atomic E-state index is 12.3. The summed E-state index contributed by atoms with van der Waals surface area (Å²) in [6, 6.07) is 19.2. The van der Waals surface area contributed by atoms with Crippen molar-refractivity contribution in [2.24, 2.45) is 0 Å². The summed E-state index contributed by atoms with van der Waals surface area (Å²) >= 11 is 0. The minimum absolute atomic E-state index is 0.0774. The highest BCUT2D eigenvalue weighted by Gasteiger charge is 2.23. The third-order valence-corrected chi connectivity index (χ3v) is 5.90. The van der Waals surface area contributed by atoms with E-state index in [1.54, 1.807) is 57.2 Å². The number of carbonyl (C=O) groups is 6. The molecule has 9 heteroatoms. The van der Waals surface area contributed by atoms with Gasteiger partial charge in [-0.1, -0.05) is 72.8 Å². The molecule has 0 spiro atoms. The first-order chi connectivity index (χ1) is 19.2. The smallest absolute Gasteiger partial charge is 0.379 e. The van der Waals surface area contributed by atoms with Gasteiger partial charge in [0.05, 0.1) is 19.8 Å². The van der Waals surface area contributed by atoms with Crippen LogP contribution in [0.1, 0.15) is 74.5 Å². The first kappa shape index (κ1) is 29.6. The van der Waals surface area contributed by atoms with Crippen molar-refractivity contribution in [1.82, 2.24) is 0 Å². The molecule has 0 atom stereocenters. The lowest BCUT2D eigenvalue weighted by Crippen LogP contribution is -2.18. The summed E-state index contributed by atoms with van der Waals surface area (Å²) in [5, 5.41) is 0. The van der Waals surface area contributed by atoms with Crippen LogP contribution in [0.2, 0.25) is 0 Å². The first-order valence-electron chi connectivity index (χ1n) is 12.7. The van der Waals surface area contributed by atoms with Crippen LogP contribution < -0.4 is 0 Å². The molecule has 3 rings (SSSR count). The van der Waals surface area contributed by atoms with Crippen LogP contribution >= 0.6 is 0 Å². The quantitative estimate of drug-likeness (QED) is 0.109. The lowest BCUT2D eigenvalue weighted by molar-refractivity contribution is -0.138. The van der Waals surface area contributed by atoms with Gasteiger partial charge in [0.2, 0.25) is 0 Å². The lowest BCUT2D eigenvalue weighted by atomic mass is 9.84. The van der Waals surface area contributed by atoms with Crippen LogP contribution in [0.4, 0.5) is 0 Å². The Labute approximate surface area is 231 Å². The Hall–Kier alpha value is -4.92. The maximum Gasteiger partial charge on any atom is 0.379 e. The number of esters is 3. The molecule has 0 aromatic heterocycles. The number of ether oxygens (including phenoxy) is 3. The number of rotatable bonds is 12. The topological polar surface area (TPSA) is 130 Å². The van der Waals surface area contributed by atoms with Crippen LogP contribution in [-0.4, -0.2) is 55.1 Å². The van der Waals surface area contributed by atoms with Crippen molar-refractivity contribution >= 4 is 35.3 Å². The largest absolute Gasteiger partial charge is 0.460 e. The molecule has 0 amide bonds. The second kappa shape index (κ2) is 13.7. The minimum atomic E-state index is -0.949. The first-order valence-corrected chi connectivity index (χ1v) is 12.7. The highest BCUT2D eigenvalue weighted by atomic mass is 16.5. The molecule has 3 aromatic carbocycles. The zero-order chi connectivity index (χ0) is 29.2. The lowest BCUT2D eigenvalue weighted by Gasteiger charge is -2.20. The van der Waals surface area contributed by atoms with E-state index >= 15 is 0 Å². The third-order valence-electron chi connectivity index (χ3n) is 5.90. The van der Waals surface area contributed by atoms with Crippen LogP contribution in [0.5, 0.6) is 0 Å². The van der Waals surface area contributed by atoms with Crippen LogP contribution in [0.25, 0.3) is 0 Å². The van der Waals surface area contributed by atoms with Crippen molar-refractivity contribution in [3.05, 3.63) is 106 Å². The molecular formula is C31H28O9. The average Bonchev–Trinajstić information content (AvgIpc) is 2.97. The van der Waals surface area contributed by atoms with Crippen molar-refractivity contribution in [2.75, 3.05) is 19.8 Å².